The van der Waals surface area contributed by atoms with Gasteiger partial charge in [0.2, 0.25) is 0 Å². The van der Waals surface area contributed by atoms with Crippen LogP contribution in [0.2, 0.25) is 0 Å². The Bertz CT molecular complexity index is 518. The maximum absolute atomic E-state index is 12.3. The first-order valence-corrected chi connectivity index (χ1v) is 8.23. The van der Waals surface area contributed by atoms with Crippen LogP contribution in [0.3, 0.4) is 0 Å². The Kier molecular flexibility index (Phi) is 6.20. The van der Waals surface area contributed by atoms with Crippen molar-refractivity contribution >= 4 is 21.6 Å². The second kappa shape index (κ2) is 7.91. The fourth-order valence-electron chi connectivity index (χ4n) is 2.43. The van der Waals surface area contributed by atoms with Crippen LogP contribution in [0.15, 0.2) is 15.5 Å². The average molecular weight is 359 g/mol. The monoisotopic (exact) mass is 358 g/mol. The van der Waals surface area contributed by atoms with Crippen LogP contribution in [0.5, 0.6) is 0 Å². The molecule has 0 saturated carbocycles. The summed E-state index contributed by atoms with van der Waals surface area (Å²) in [6, 6.07) is 0. The Morgan fingerprint density at radius 2 is 2.38 bits per heavy atom. The number of nitrogens with zero attached hydrogens (tertiary/aromatic N) is 3. The van der Waals surface area contributed by atoms with Crippen LogP contribution in [-0.4, -0.2) is 49.2 Å². The summed E-state index contributed by atoms with van der Waals surface area (Å²) in [6.45, 7) is 5.77. The lowest BCUT2D eigenvalue weighted by Gasteiger charge is -2.34. The zero-order chi connectivity index (χ0) is 15.2. The molecule has 118 valence electrons. The lowest BCUT2D eigenvalue weighted by atomic mass is 10.2. The van der Waals surface area contributed by atoms with E-state index in [0.29, 0.717) is 17.6 Å². The van der Waals surface area contributed by atoms with E-state index in [4.69, 9.17) is 4.74 Å². The summed E-state index contributed by atoms with van der Waals surface area (Å²) >= 11 is 3.45. The van der Waals surface area contributed by atoms with Gasteiger partial charge in [-0.3, -0.25) is 4.79 Å². The first-order chi connectivity index (χ1) is 10.2. The van der Waals surface area contributed by atoms with Crippen molar-refractivity contribution < 1.29 is 4.74 Å². The van der Waals surface area contributed by atoms with Gasteiger partial charge < -0.3 is 15.0 Å². The molecule has 0 spiro atoms. The minimum absolute atomic E-state index is 0.0578. The molecule has 7 heteroatoms. The van der Waals surface area contributed by atoms with Crippen LogP contribution in [-0.2, 0) is 11.3 Å². The highest BCUT2D eigenvalue weighted by Crippen LogP contribution is 2.23. The number of morpholine rings is 1. The largest absolute Gasteiger partial charge is 0.373 e. The zero-order valence-corrected chi connectivity index (χ0v) is 14.2. The van der Waals surface area contributed by atoms with Crippen molar-refractivity contribution in [3.8, 4) is 0 Å². The number of hydrogen-bond acceptors (Lipinski definition) is 5. The highest BCUT2D eigenvalue weighted by atomic mass is 79.9. The third-order valence-corrected chi connectivity index (χ3v) is 4.35. The van der Waals surface area contributed by atoms with Crippen molar-refractivity contribution in [3.05, 3.63) is 21.0 Å². The zero-order valence-electron chi connectivity index (χ0n) is 12.6. The number of aromatic nitrogens is 2. The summed E-state index contributed by atoms with van der Waals surface area (Å²) in [6.07, 6.45) is 3.92. The van der Waals surface area contributed by atoms with E-state index in [2.05, 4.69) is 38.2 Å². The number of aryl methyl sites for hydroxylation is 1. The van der Waals surface area contributed by atoms with E-state index in [9.17, 15) is 4.79 Å². The molecule has 1 N–H and O–H groups in total. The highest BCUT2D eigenvalue weighted by Gasteiger charge is 2.23. The number of rotatable bonds is 6. The Morgan fingerprint density at radius 3 is 3.10 bits per heavy atom. The lowest BCUT2D eigenvalue weighted by molar-refractivity contribution is 0.0421. The number of likely N-dealkylation sites (N-methyl/N-ethyl adjacent to an activating group) is 1. The van der Waals surface area contributed by atoms with Crippen molar-refractivity contribution in [2.75, 3.05) is 38.2 Å². The van der Waals surface area contributed by atoms with Gasteiger partial charge in [-0.25, -0.2) is 4.68 Å². The molecule has 1 aliphatic rings. The van der Waals surface area contributed by atoms with Gasteiger partial charge in [-0.15, -0.1) is 0 Å². The summed E-state index contributed by atoms with van der Waals surface area (Å²) < 4.78 is 7.82. The molecule has 2 rings (SSSR count). The molecule has 0 aromatic carbocycles. The molecule has 0 bridgehead atoms. The third kappa shape index (κ3) is 4.05. The van der Waals surface area contributed by atoms with Gasteiger partial charge >= 0.3 is 0 Å². The molecule has 1 aromatic heterocycles. The predicted molar refractivity (Wildman–Crippen MR) is 87.0 cm³/mol. The molecule has 2 heterocycles. The highest BCUT2D eigenvalue weighted by molar-refractivity contribution is 9.10. The van der Waals surface area contributed by atoms with E-state index < -0.39 is 0 Å². The average Bonchev–Trinajstić information content (AvgIpc) is 2.49. The first-order valence-electron chi connectivity index (χ1n) is 7.44. The summed E-state index contributed by atoms with van der Waals surface area (Å²) in [4.78, 5) is 14.5. The quantitative estimate of drug-likeness (QED) is 0.828. The SMILES string of the molecule is CCCCn1ncc(N2CCOC(CNC)C2)c(Br)c1=O. The second-order valence-corrected chi connectivity index (χ2v) is 6.02. The van der Waals surface area contributed by atoms with E-state index >= 15 is 0 Å². The standard InChI is InChI=1S/C14H23BrN4O2/c1-3-4-5-19-14(20)13(15)12(9-17-19)18-6-7-21-11(10-18)8-16-2/h9,11,16H,3-8,10H2,1-2H3. The summed E-state index contributed by atoms with van der Waals surface area (Å²) in [5, 5.41) is 7.42. The van der Waals surface area contributed by atoms with Gasteiger partial charge in [0.25, 0.3) is 5.56 Å². The molecule has 1 aromatic rings. The van der Waals surface area contributed by atoms with Gasteiger partial charge in [-0.05, 0) is 29.4 Å². The van der Waals surface area contributed by atoms with Crippen molar-refractivity contribution in [1.29, 1.82) is 0 Å². The second-order valence-electron chi connectivity index (χ2n) is 5.22. The minimum atomic E-state index is -0.0578. The molecular formula is C14H23BrN4O2. The van der Waals surface area contributed by atoms with Crippen molar-refractivity contribution in [3.63, 3.8) is 0 Å². The number of unbranched alkanes of at least 4 members (excludes halogenated alkanes) is 1. The number of nitrogens with one attached hydrogen (secondary N) is 1. The van der Waals surface area contributed by atoms with Gasteiger partial charge in [-0.1, -0.05) is 13.3 Å². The van der Waals surface area contributed by atoms with Crippen molar-refractivity contribution in [2.24, 2.45) is 0 Å². The van der Waals surface area contributed by atoms with Crippen LogP contribution >= 0.6 is 15.9 Å². The van der Waals surface area contributed by atoms with Gasteiger partial charge in [0.15, 0.2) is 0 Å². The molecule has 1 fully saturated rings. The van der Waals surface area contributed by atoms with Crippen LogP contribution in [0.25, 0.3) is 0 Å². The number of halogens is 1. The Labute approximate surface area is 133 Å². The number of hydrogen-bond donors (Lipinski definition) is 1. The molecule has 0 radical (unpaired) electrons. The van der Waals surface area contributed by atoms with E-state index in [1.807, 2.05) is 7.05 Å². The minimum Gasteiger partial charge on any atom is -0.373 e. The van der Waals surface area contributed by atoms with Crippen molar-refractivity contribution in [2.45, 2.75) is 32.4 Å². The van der Waals surface area contributed by atoms with Gasteiger partial charge in [0, 0.05) is 26.2 Å². The Morgan fingerprint density at radius 1 is 1.57 bits per heavy atom. The van der Waals surface area contributed by atoms with Gasteiger partial charge in [0.1, 0.15) is 4.47 Å². The summed E-state index contributed by atoms with van der Waals surface area (Å²) in [5.74, 6) is 0. The van der Waals surface area contributed by atoms with Crippen LogP contribution in [0, 0.1) is 0 Å². The molecule has 1 aliphatic heterocycles. The molecular weight excluding hydrogens is 336 g/mol. The summed E-state index contributed by atoms with van der Waals surface area (Å²) in [7, 11) is 1.91. The molecule has 21 heavy (non-hydrogen) atoms. The smallest absolute Gasteiger partial charge is 0.283 e. The molecule has 6 nitrogen and oxygen atoms in total. The number of anilines is 1. The Balaban J connectivity index is 2.16. The maximum atomic E-state index is 12.3. The Hall–Kier alpha value is -0.920. The van der Waals surface area contributed by atoms with Gasteiger partial charge in [0.05, 0.1) is 24.6 Å². The fourth-order valence-corrected chi connectivity index (χ4v) is 2.99. The van der Waals surface area contributed by atoms with Crippen LogP contribution < -0.4 is 15.8 Å². The van der Waals surface area contributed by atoms with E-state index in [1.165, 1.54) is 4.68 Å². The van der Waals surface area contributed by atoms with E-state index in [0.717, 1.165) is 38.2 Å². The van der Waals surface area contributed by atoms with Crippen molar-refractivity contribution in [1.82, 2.24) is 15.1 Å². The lowest BCUT2D eigenvalue weighted by Crippen LogP contribution is -2.47. The topological polar surface area (TPSA) is 59.4 Å². The molecule has 0 amide bonds. The fraction of sp³-hybridized carbons (Fsp3) is 0.714. The third-order valence-electron chi connectivity index (χ3n) is 3.60. The first kappa shape index (κ1) is 16.5. The molecule has 1 atom stereocenters. The van der Waals surface area contributed by atoms with Crippen LogP contribution in [0.4, 0.5) is 5.69 Å². The van der Waals surface area contributed by atoms with E-state index in [-0.39, 0.29) is 11.7 Å². The van der Waals surface area contributed by atoms with Gasteiger partial charge in [-0.2, -0.15) is 5.10 Å². The maximum Gasteiger partial charge on any atom is 0.283 e. The molecule has 1 saturated heterocycles. The molecule has 0 aliphatic carbocycles. The van der Waals surface area contributed by atoms with Crippen LogP contribution in [0.1, 0.15) is 19.8 Å². The predicted octanol–water partition coefficient (Wildman–Crippen LogP) is 1.23. The summed E-state index contributed by atoms with van der Waals surface area (Å²) in [5.41, 5.74) is 0.801. The molecule has 1 unspecified atom stereocenters. The number of ether oxygens (including phenoxy) is 1. The normalized spacial score (nSPS) is 19.0. The van der Waals surface area contributed by atoms with E-state index in [1.54, 1.807) is 6.20 Å².